The van der Waals surface area contributed by atoms with Crippen molar-refractivity contribution < 1.29 is 30.9 Å². The smallest absolute Gasteiger partial charge is 0.290 e. The SMILES string of the molecule is CC(=O)C(F)(F)F.CS(=O)(=O)O. The molecule has 0 saturated carbocycles. The lowest BCUT2D eigenvalue weighted by atomic mass is 10.5. The van der Waals surface area contributed by atoms with Crippen molar-refractivity contribution in [1.29, 1.82) is 0 Å². The predicted octanol–water partition coefficient (Wildman–Crippen LogP) is 0.642. The van der Waals surface area contributed by atoms with Gasteiger partial charge in [-0.25, -0.2) is 0 Å². The van der Waals surface area contributed by atoms with E-state index < -0.39 is 22.1 Å². The van der Waals surface area contributed by atoms with Crippen LogP contribution in [-0.4, -0.2) is 31.2 Å². The fourth-order valence-electron chi connectivity index (χ4n) is 0. The number of carbonyl (C=O) groups excluding carboxylic acids is 1. The van der Waals surface area contributed by atoms with E-state index >= 15 is 0 Å². The average Bonchev–Trinajstić information content (AvgIpc) is 1.55. The number of hydrogen-bond acceptors (Lipinski definition) is 3. The van der Waals surface area contributed by atoms with Crippen molar-refractivity contribution in [1.82, 2.24) is 0 Å². The van der Waals surface area contributed by atoms with Crippen molar-refractivity contribution in [2.75, 3.05) is 6.26 Å². The van der Waals surface area contributed by atoms with E-state index in [2.05, 4.69) is 0 Å². The first-order valence-electron chi connectivity index (χ1n) is 2.45. The van der Waals surface area contributed by atoms with Crippen LogP contribution in [0.25, 0.3) is 0 Å². The van der Waals surface area contributed by atoms with Gasteiger partial charge in [-0.2, -0.15) is 21.6 Å². The molecule has 0 rings (SSSR count). The summed E-state index contributed by atoms with van der Waals surface area (Å²) < 4.78 is 58.4. The molecular formula is C4H7F3O4S. The fraction of sp³-hybridized carbons (Fsp3) is 0.750. The Balaban J connectivity index is 0. The average molecular weight is 208 g/mol. The first kappa shape index (κ1) is 13.9. The lowest BCUT2D eigenvalue weighted by Gasteiger charge is -1.95. The van der Waals surface area contributed by atoms with Crippen LogP contribution in [0.2, 0.25) is 0 Å². The molecule has 0 unspecified atom stereocenters. The summed E-state index contributed by atoms with van der Waals surface area (Å²) >= 11 is 0. The third-order valence-corrected chi connectivity index (χ3v) is 0.399. The van der Waals surface area contributed by atoms with Gasteiger partial charge in [-0.3, -0.25) is 9.35 Å². The maximum absolute atomic E-state index is 10.8. The topological polar surface area (TPSA) is 71.4 Å². The minimum Gasteiger partial charge on any atom is -0.290 e. The van der Waals surface area contributed by atoms with Gasteiger partial charge in [-0.05, 0) is 0 Å². The van der Waals surface area contributed by atoms with Crippen LogP contribution in [0.15, 0.2) is 0 Å². The Morgan fingerprint density at radius 1 is 1.33 bits per heavy atom. The number of ketones is 1. The second-order valence-electron chi connectivity index (χ2n) is 1.79. The molecule has 1 N–H and O–H groups in total. The maximum atomic E-state index is 10.8. The zero-order valence-electron chi connectivity index (χ0n) is 6.21. The number of halogens is 3. The summed E-state index contributed by atoms with van der Waals surface area (Å²) in [5, 5.41) is 0. The predicted molar refractivity (Wildman–Crippen MR) is 34.2 cm³/mol. The van der Waals surface area contributed by atoms with Gasteiger partial charge in [0.1, 0.15) is 0 Å². The van der Waals surface area contributed by atoms with Crippen LogP contribution in [0.3, 0.4) is 0 Å². The molecule has 0 aliphatic rings. The van der Waals surface area contributed by atoms with Gasteiger partial charge in [0.05, 0.1) is 6.26 Å². The number of hydrogen-bond donors (Lipinski definition) is 1. The monoisotopic (exact) mass is 208 g/mol. The van der Waals surface area contributed by atoms with E-state index in [1.54, 1.807) is 0 Å². The van der Waals surface area contributed by atoms with E-state index in [1.807, 2.05) is 0 Å². The van der Waals surface area contributed by atoms with Gasteiger partial charge in [0, 0.05) is 6.92 Å². The highest BCUT2D eigenvalue weighted by Gasteiger charge is 2.33. The van der Waals surface area contributed by atoms with E-state index in [0.29, 0.717) is 13.2 Å². The van der Waals surface area contributed by atoms with Gasteiger partial charge in [-0.1, -0.05) is 0 Å². The quantitative estimate of drug-likeness (QED) is 0.593. The third kappa shape index (κ3) is 22.8. The Morgan fingerprint density at radius 2 is 1.42 bits per heavy atom. The molecule has 0 aromatic carbocycles. The zero-order valence-corrected chi connectivity index (χ0v) is 7.03. The van der Waals surface area contributed by atoms with Crippen molar-refractivity contribution in [2.45, 2.75) is 13.1 Å². The molecule has 0 aromatic rings. The Bertz CT molecular complexity index is 232. The van der Waals surface area contributed by atoms with Gasteiger partial charge in [0.15, 0.2) is 0 Å². The summed E-state index contributed by atoms with van der Waals surface area (Å²) in [6.45, 7) is 0.486. The first-order valence-corrected chi connectivity index (χ1v) is 4.29. The first-order chi connectivity index (χ1) is 4.94. The van der Waals surface area contributed by atoms with Crippen molar-refractivity contribution in [3.8, 4) is 0 Å². The summed E-state index contributed by atoms with van der Waals surface area (Å²) in [5.74, 6) is -1.76. The second kappa shape index (κ2) is 4.41. The minimum absolute atomic E-state index is 0.486. The van der Waals surface area contributed by atoms with E-state index in [9.17, 15) is 26.4 Å². The molecule has 0 aliphatic carbocycles. The van der Waals surface area contributed by atoms with Crippen LogP contribution >= 0.6 is 0 Å². The zero-order chi connectivity index (χ0) is 10.6. The van der Waals surface area contributed by atoms with Crippen molar-refractivity contribution in [2.24, 2.45) is 0 Å². The standard InChI is InChI=1S/C3H3F3O.CH4O3S/c1-2(7)3(4,5)6;1-5(2,3)4/h1H3;1H3,(H,2,3,4). The molecule has 0 heterocycles. The molecule has 0 bridgehead atoms. The highest BCUT2D eigenvalue weighted by Crippen LogP contribution is 2.14. The molecule has 0 atom stereocenters. The largest absolute Gasteiger partial charge is 0.449 e. The molecule has 12 heavy (non-hydrogen) atoms. The van der Waals surface area contributed by atoms with E-state index in [-0.39, 0.29) is 0 Å². The van der Waals surface area contributed by atoms with Crippen LogP contribution < -0.4 is 0 Å². The summed E-state index contributed by atoms with van der Waals surface area (Å²) in [4.78, 5) is 9.34. The normalized spacial score (nSPS) is 11.5. The van der Waals surface area contributed by atoms with Crippen molar-refractivity contribution in [3.63, 3.8) is 0 Å². The highest BCUT2D eigenvalue weighted by atomic mass is 32.2. The number of carbonyl (C=O) groups is 1. The molecule has 0 aliphatic heterocycles. The van der Waals surface area contributed by atoms with Gasteiger partial charge >= 0.3 is 6.18 Å². The van der Waals surface area contributed by atoms with Gasteiger partial charge < -0.3 is 0 Å². The highest BCUT2D eigenvalue weighted by molar-refractivity contribution is 7.85. The summed E-state index contributed by atoms with van der Waals surface area (Å²) in [5.41, 5.74) is 0. The Kier molecular flexibility index (Phi) is 5.12. The third-order valence-electron chi connectivity index (χ3n) is 0.399. The summed E-state index contributed by atoms with van der Waals surface area (Å²) in [6, 6.07) is 0. The number of Topliss-reactive ketones (excluding diaryl/α,β-unsaturated/α-hetero) is 1. The van der Waals surface area contributed by atoms with Crippen LogP contribution in [0.4, 0.5) is 13.2 Å². The molecule has 74 valence electrons. The van der Waals surface area contributed by atoms with Gasteiger partial charge in [-0.15, -0.1) is 0 Å². The lowest BCUT2D eigenvalue weighted by molar-refractivity contribution is -0.168. The van der Waals surface area contributed by atoms with E-state index in [0.717, 1.165) is 0 Å². The lowest BCUT2D eigenvalue weighted by Crippen LogP contribution is -2.18. The van der Waals surface area contributed by atoms with Crippen molar-refractivity contribution in [3.05, 3.63) is 0 Å². The molecule has 0 spiro atoms. The molecule has 8 heteroatoms. The van der Waals surface area contributed by atoms with E-state index in [1.165, 1.54) is 0 Å². The second-order valence-corrected chi connectivity index (χ2v) is 3.25. The number of alkyl halides is 3. The Hall–Kier alpha value is -0.630. The van der Waals surface area contributed by atoms with Crippen LogP contribution in [0.5, 0.6) is 0 Å². The molecule has 0 saturated heterocycles. The molecule has 0 fully saturated rings. The fourth-order valence-corrected chi connectivity index (χ4v) is 0. The Labute approximate surface area is 67.1 Å². The number of rotatable bonds is 0. The molecule has 0 aromatic heterocycles. The molecular weight excluding hydrogens is 201 g/mol. The summed E-state index contributed by atoms with van der Waals surface area (Å²) in [6.07, 6.45) is -3.92. The van der Waals surface area contributed by atoms with E-state index in [4.69, 9.17) is 4.55 Å². The maximum Gasteiger partial charge on any atom is 0.449 e. The molecule has 4 nitrogen and oxygen atoms in total. The Morgan fingerprint density at radius 3 is 1.42 bits per heavy atom. The van der Waals surface area contributed by atoms with Crippen LogP contribution in [0.1, 0.15) is 6.92 Å². The van der Waals surface area contributed by atoms with Gasteiger partial charge in [0.25, 0.3) is 10.1 Å². The van der Waals surface area contributed by atoms with Crippen LogP contribution in [-0.2, 0) is 14.9 Å². The molecule has 0 radical (unpaired) electrons. The molecule has 0 amide bonds. The van der Waals surface area contributed by atoms with Crippen LogP contribution in [0, 0.1) is 0 Å². The van der Waals surface area contributed by atoms with Crippen molar-refractivity contribution >= 4 is 15.9 Å². The van der Waals surface area contributed by atoms with Gasteiger partial charge in [0.2, 0.25) is 5.78 Å². The minimum atomic E-state index is -4.64. The summed E-state index contributed by atoms with van der Waals surface area (Å²) in [7, 11) is -3.67.